The zero-order valence-corrected chi connectivity index (χ0v) is 36.1. The van der Waals surface area contributed by atoms with Gasteiger partial charge in [-0.15, -0.1) is 5.10 Å². The average molecular weight is 847 g/mol. The highest BCUT2D eigenvalue weighted by molar-refractivity contribution is 9.11. The maximum Gasteiger partial charge on any atom is 0.134 e. The maximum absolute atomic E-state index is 6.46. The van der Waals surface area contributed by atoms with Crippen LogP contribution in [0.5, 0.6) is 11.5 Å². The fraction of sp³-hybridized carbons (Fsp3) is 0.488. The minimum Gasteiger partial charge on any atom is -0.486 e. The Bertz CT molecular complexity index is 2060. The molecule has 0 saturated heterocycles. The Morgan fingerprint density at radius 1 is 0.849 bits per heavy atom. The molecule has 1 unspecified atom stereocenters. The van der Waals surface area contributed by atoms with E-state index in [1.807, 2.05) is 10.9 Å². The van der Waals surface area contributed by atoms with Crippen LogP contribution in [0.2, 0.25) is 0 Å². The predicted molar refractivity (Wildman–Crippen MR) is 223 cm³/mol. The van der Waals surface area contributed by atoms with E-state index >= 15 is 0 Å². The van der Waals surface area contributed by atoms with E-state index in [1.165, 1.54) is 27.8 Å². The van der Waals surface area contributed by atoms with Crippen molar-refractivity contribution in [3.63, 3.8) is 0 Å². The van der Waals surface area contributed by atoms with Gasteiger partial charge in [-0.2, -0.15) is 5.10 Å². The minimum absolute atomic E-state index is 0.0559. The number of aromatic nitrogens is 3. The zero-order chi connectivity index (χ0) is 38.6. The molecule has 0 fully saturated rings. The summed E-state index contributed by atoms with van der Waals surface area (Å²) in [7, 11) is 0. The molecule has 6 rings (SSSR count). The third kappa shape index (κ3) is 8.29. The first-order valence-corrected chi connectivity index (χ1v) is 20.0. The van der Waals surface area contributed by atoms with E-state index in [-0.39, 0.29) is 33.8 Å². The summed E-state index contributed by atoms with van der Waals surface area (Å²) in [5, 5.41) is 12.7. The predicted octanol–water partition coefficient (Wildman–Crippen LogP) is 10.3. The Balaban J connectivity index is 1.25. The van der Waals surface area contributed by atoms with Gasteiger partial charge in [-0.25, -0.2) is 4.68 Å². The van der Waals surface area contributed by atoms with Gasteiger partial charge in [0.25, 0.3) is 0 Å². The van der Waals surface area contributed by atoms with Crippen LogP contribution >= 0.6 is 31.9 Å². The molecule has 0 saturated carbocycles. The molecule has 10 heteroatoms. The number of aliphatic imine (C=N–C) groups is 1. The highest BCUT2D eigenvalue weighted by Gasteiger charge is 2.56. The molecule has 1 aromatic heterocycles. The van der Waals surface area contributed by atoms with Crippen LogP contribution in [-0.2, 0) is 41.4 Å². The quantitative estimate of drug-likeness (QED) is 0.0974. The zero-order valence-electron chi connectivity index (χ0n) is 32.9. The SMILES string of the molecule is CC(C)(C)Cc1cccc(CN=CC(COc2cc3c(cc2Br)C(C)(C)CC32CC(C)(C)c3cc(Br)c(OCc4cn(C(C)(C)C)nn4)cc32)=NN)c1. The molecule has 4 aromatic rings. The largest absolute Gasteiger partial charge is 0.486 e. The monoisotopic (exact) mass is 844 g/mol. The van der Waals surface area contributed by atoms with E-state index in [4.69, 9.17) is 15.3 Å². The van der Waals surface area contributed by atoms with Crippen LogP contribution in [-0.4, -0.2) is 33.5 Å². The van der Waals surface area contributed by atoms with Crippen molar-refractivity contribution < 1.29 is 9.47 Å². The van der Waals surface area contributed by atoms with Gasteiger partial charge in [0, 0.05) is 11.6 Å². The number of fused-ring (bicyclic) bond motifs is 4. The van der Waals surface area contributed by atoms with Gasteiger partial charge >= 0.3 is 0 Å². The van der Waals surface area contributed by atoms with E-state index < -0.39 is 0 Å². The molecular weight excluding hydrogens is 792 g/mol. The first-order valence-electron chi connectivity index (χ1n) is 18.4. The van der Waals surface area contributed by atoms with Crippen molar-refractivity contribution in [3.8, 4) is 11.5 Å². The minimum atomic E-state index is -0.224. The molecule has 8 nitrogen and oxygen atoms in total. The second-order valence-corrected chi connectivity index (χ2v) is 20.1. The summed E-state index contributed by atoms with van der Waals surface area (Å²) in [5.74, 6) is 7.40. The van der Waals surface area contributed by atoms with Gasteiger partial charge in [-0.05, 0) is 146 Å². The van der Waals surface area contributed by atoms with Crippen LogP contribution in [0.1, 0.15) is 121 Å². The standard InChI is InChI=1S/C43H54Br2N6O2/c1-39(2,3)19-27-12-11-13-28(14-27)20-47-21-29(48-46)23-52-37-17-33-31(15-35(37)44)41(7,8)25-43(33)26-42(9,10)32-16-36(45)38(18-34(32)43)53-24-30-22-51(50-49-30)40(4,5)6/h11-18,21-22H,19-20,23-26,46H2,1-10H3. The summed E-state index contributed by atoms with van der Waals surface area (Å²) in [5.41, 5.74) is 8.83. The molecule has 53 heavy (non-hydrogen) atoms. The Morgan fingerprint density at radius 3 is 1.98 bits per heavy atom. The van der Waals surface area contributed by atoms with E-state index in [0.717, 1.165) is 51.0 Å². The molecule has 0 aliphatic heterocycles. The van der Waals surface area contributed by atoms with Crippen LogP contribution < -0.4 is 15.3 Å². The Hall–Kier alpha value is -3.50. The fourth-order valence-corrected chi connectivity index (χ4v) is 9.25. The van der Waals surface area contributed by atoms with Gasteiger partial charge < -0.3 is 15.3 Å². The van der Waals surface area contributed by atoms with Crippen LogP contribution in [0.15, 0.2) is 73.8 Å². The van der Waals surface area contributed by atoms with Crippen LogP contribution in [0.25, 0.3) is 0 Å². The smallest absolute Gasteiger partial charge is 0.134 e. The van der Waals surface area contributed by atoms with Gasteiger partial charge in [-0.3, -0.25) is 4.99 Å². The summed E-state index contributed by atoms with van der Waals surface area (Å²) in [6.07, 6.45) is 6.64. The van der Waals surface area contributed by atoms with Crippen molar-refractivity contribution >= 4 is 43.8 Å². The summed E-state index contributed by atoms with van der Waals surface area (Å²) in [4.78, 5) is 4.67. The fourth-order valence-electron chi connectivity index (χ4n) is 8.34. The number of halogens is 2. The molecule has 0 amide bonds. The Kier molecular flexibility index (Phi) is 10.6. The third-order valence-corrected chi connectivity index (χ3v) is 11.7. The molecule has 1 heterocycles. The number of rotatable bonds is 10. The summed E-state index contributed by atoms with van der Waals surface area (Å²) in [6, 6.07) is 17.6. The second-order valence-electron chi connectivity index (χ2n) is 18.4. The van der Waals surface area contributed by atoms with Crippen LogP contribution in [0, 0.1) is 5.41 Å². The molecule has 2 N–H and O–H groups in total. The number of benzene rings is 3. The molecule has 2 aliphatic rings. The lowest BCUT2D eigenvalue weighted by molar-refractivity contribution is 0.297. The lowest BCUT2D eigenvalue weighted by atomic mass is 9.72. The van der Waals surface area contributed by atoms with Gasteiger partial charge in [0.2, 0.25) is 0 Å². The van der Waals surface area contributed by atoms with Crippen molar-refractivity contribution in [2.45, 2.75) is 123 Å². The molecule has 3 aromatic carbocycles. The van der Waals surface area contributed by atoms with E-state index in [1.54, 1.807) is 6.21 Å². The molecule has 1 spiro atoms. The first-order chi connectivity index (χ1) is 24.7. The lowest BCUT2D eigenvalue weighted by Crippen LogP contribution is -2.27. The molecule has 282 valence electrons. The van der Waals surface area contributed by atoms with Gasteiger partial charge in [0.05, 0.1) is 27.2 Å². The number of ether oxygens (including phenoxy) is 2. The van der Waals surface area contributed by atoms with Crippen LogP contribution in [0.3, 0.4) is 0 Å². The van der Waals surface area contributed by atoms with Crippen molar-refractivity contribution in [1.82, 2.24) is 15.0 Å². The van der Waals surface area contributed by atoms with Crippen molar-refractivity contribution in [1.29, 1.82) is 0 Å². The summed E-state index contributed by atoms with van der Waals surface area (Å²) >= 11 is 7.69. The first kappa shape index (κ1) is 39.2. The number of nitrogens with two attached hydrogens (primary N) is 1. The lowest BCUT2D eigenvalue weighted by Gasteiger charge is -2.31. The molecule has 2 aliphatic carbocycles. The van der Waals surface area contributed by atoms with Crippen molar-refractivity contribution in [2.24, 2.45) is 21.4 Å². The molecule has 0 bridgehead atoms. The number of hydrogen-bond acceptors (Lipinski definition) is 7. The molecule has 1 atom stereocenters. The highest BCUT2D eigenvalue weighted by atomic mass is 79.9. The van der Waals surface area contributed by atoms with E-state index in [0.29, 0.717) is 18.9 Å². The van der Waals surface area contributed by atoms with Crippen LogP contribution in [0.4, 0.5) is 0 Å². The van der Waals surface area contributed by atoms with Crippen molar-refractivity contribution in [2.75, 3.05) is 6.61 Å². The van der Waals surface area contributed by atoms with Gasteiger partial charge in [0.15, 0.2) is 0 Å². The normalized spacial score (nSPS) is 19.2. The van der Waals surface area contributed by atoms with E-state index in [2.05, 4.69) is 170 Å². The summed E-state index contributed by atoms with van der Waals surface area (Å²) in [6.45, 7) is 23.6. The topological polar surface area (TPSA) is 99.9 Å². The van der Waals surface area contributed by atoms with Gasteiger partial charge in [-0.1, -0.05) is 77.9 Å². The number of hydrogen-bond donors (Lipinski definition) is 1. The third-order valence-electron chi connectivity index (χ3n) is 10.5. The van der Waals surface area contributed by atoms with E-state index in [9.17, 15) is 0 Å². The second kappa shape index (κ2) is 14.3. The Labute approximate surface area is 332 Å². The average Bonchev–Trinajstić information content (AvgIpc) is 3.68. The number of hydrazone groups is 1. The van der Waals surface area contributed by atoms with Gasteiger partial charge in [0.1, 0.15) is 36.1 Å². The molecular formula is C43H54Br2N6O2. The van der Waals surface area contributed by atoms with Crippen molar-refractivity contribution in [3.05, 3.63) is 103 Å². The molecule has 0 radical (unpaired) electrons. The maximum atomic E-state index is 6.46. The summed E-state index contributed by atoms with van der Waals surface area (Å²) < 4.78 is 16.6. The highest BCUT2D eigenvalue weighted by Crippen LogP contribution is 2.64. The Morgan fingerprint density at radius 2 is 1.43 bits per heavy atom. The number of nitrogens with zero attached hydrogens (tertiary/aromatic N) is 5.